The molecule has 0 bridgehead atoms. The lowest BCUT2D eigenvalue weighted by atomic mass is 9.85. The van der Waals surface area contributed by atoms with Gasteiger partial charge in [0, 0.05) is 18.8 Å². The molecule has 4 nitrogen and oxygen atoms in total. The summed E-state index contributed by atoms with van der Waals surface area (Å²) in [5.74, 6) is 2.13. The highest BCUT2D eigenvalue weighted by atomic mass is 16.5. The molecular formula is C11H17N3O. The van der Waals surface area contributed by atoms with Crippen LogP contribution in [-0.4, -0.2) is 23.1 Å². The topological polar surface area (TPSA) is 47.0 Å². The van der Waals surface area contributed by atoms with Gasteiger partial charge in [-0.2, -0.15) is 4.98 Å². The van der Waals surface area contributed by atoms with Crippen molar-refractivity contribution in [1.82, 2.24) is 9.97 Å². The van der Waals surface area contributed by atoms with E-state index in [0.717, 1.165) is 12.5 Å². The molecule has 0 amide bonds. The normalized spacial score (nSPS) is 15.8. The maximum absolute atomic E-state index is 5.30. The quantitative estimate of drug-likeness (QED) is 0.803. The zero-order chi connectivity index (χ0) is 10.5. The summed E-state index contributed by atoms with van der Waals surface area (Å²) < 4.78 is 5.30. The molecule has 1 N–H and O–H groups in total. The molecule has 0 saturated heterocycles. The predicted molar refractivity (Wildman–Crippen MR) is 59.0 cm³/mol. The van der Waals surface area contributed by atoms with Crippen LogP contribution < -0.4 is 10.1 Å². The van der Waals surface area contributed by atoms with E-state index in [1.165, 1.54) is 19.3 Å². The fraction of sp³-hybridized carbons (Fsp3) is 0.636. The van der Waals surface area contributed by atoms with E-state index in [-0.39, 0.29) is 0 Å². The molecule has 1 aromatic heterocycles. The standard InChI is InChI=1S/C11H17N3O/c1-2-15-10-6-7-12-11(14-10)13-8-9-4-3-5-9/h6-7,9H,2-5,8H2,1H3,(H,12,13,14). The Morgan fingerprint density at radius 1 is 1.53 bits per heavy atom. The molecule has 2 rings (SSSR count). The number of aromatic nitrogens is 2. The van der Waals surface area contributed by atoms with E-state index in [1.807, 2.05) is 6.92 Å². The number of ether oxygens (including phenoxy) is 1. The van der Waals surface area contributed by atoms with Crippen molar-refractivity contribution in [3.63, 3.8) is 0 Å². The van der Waals surface area contributed by atoms with Crippen LogP contribution in [0.1, 0.15) is 26.2 Å². The lowest BCUT2D eigenvalue weighted by Gasteiger charge is -2.25. The SMILES string of the molecule is CCOc1ccnc(NCC2CCC2)n1. The summed E-state index contributed by atoms with van der Waals surface area (Å²) in [7, 11) is 0. The van der Waals surface area contributed by atoms with Crippen LogP contribution in [0.2, 0.25) is 0 Å². The number of nitrogens with one attached hydrogen (secondary N) is 1. The van der Waals surface area contributed by atoms with Crippen molar-refractivity contribution >= 4 is 5.95 Å². The zero-order valence-corrected chi connectivity index (χ0v) is 9.07. The van der Waals surface area contributed by atoms with Gasteiger partial charge in [-0.15, -0.1) is 0 Å². The highest BCUT2D eigenvalue weighted by Gasteiger charge is 2.17. The maximum Gasteiger partial charge on any atom is 0.225 e. The van der Waals surface area contributed by atoms with Gasteiger partial charge < -0.3 is 10.1 Å². The predicted octanol–water partition coefficient (Wildman–Crippen LogP) is 2.09. The molecule has 0 atom stereocenters. The number of hydrogen-bond acceptors (Lipinski definition) is 4. The monoisotopic (exact) mass is 207 g/mol. The van der Waals surface area contributed by atoms with Crippen molar-refractivity contribution in [3.05, 3.63) is 12.3 Å². The molecule has 1 saturated carbocycles. The first-order valence-corrected chi connectivity index (χ1v) is 5.58. The second kappa shape index (κ2) is 4.96. The summed E-state index contributed by atoms with van der Waals surface area (Å²) in [5, 5.41) is 3.24. The van der Waals surface area contributed by atoms with Crippen LogP contribution in [0.15, 0.2) is 12.3 Å². The van der Waals surface area contributed by atoms with E-state index in [1.54, 1.807) is 12.3 Å². The fourth-order valence-corrected chi connectivity index (χ4v) is 1.59. The summed E-state index contributed by atoms with van der Waals surface area (Å²) in [6, 6.07) is 1.78. The molecule has 0 unspecified atom stereocenters. The molecule has 1 heterocycles. The number of nitrogens with zero attached hydrogens (tertiary/aromatic N) is 2. The summed E-state index contributed by atoms with van der Waals surface area (Å²) in [6.45, 7) is 3.57. The number of anilines is 1. The minimum atomic E-state index is 0.638. The van der Waals surface area contributed by atoms with Gasteiger partial charge in [-0.05, 0) is 25.7 Å². The van der Waals surface area contributed by atoms with Crippen molar-refractivity contribution in [2.75, 3.05) is 18.5 Å². The molecule has 1 fully saturated rings. The molecule has 1 aromatic rings. The van der Waals surface area contributed by atoms with Crippen molar-refractivity contribution in [2.24, 2.45) is 5.92 Å². The molecule has 4 heteroatoms. The minimum absolute atomic E-state index is 0.638. The van der Waals surface area contributed by atoms with Gasteiger partial charge in [0.25, 0.3) is 0 Å². The third-order valence-corrected chi connectivity index (χ3v) is 2.70. The number of hydrogen-bond donors (Lipinski definition) is 1. The Hall–Kier alpha value is -1.32. The van der Waals surface area contributed by atoms with E-state index in [9.17, 15) is 0 Å². The molecule has 82 valence electrons. The first-order valence-electron chi connectivity index (χ1n) is 5.58. The van der Waals surface area contributed by atoms with Gasteiger partial charge >= 0.3 is 0 Å². The van der Waals surface area contributed by atoms with Gasteiger partial charge in [-0.3, -0.25) is 0 Å². The Morgan fingerprint density at radius 3 is 3.07 bits per heavy atom. The zero-order valence-electron chi connectivity index (χ0n) is 9.07. The molecule has 0 spiro atoms. The van der Waals surface area contributed by atoms with Crippen LogP contribution in [0.3, 0.4) is 0 Å². The van der Waals surface area contributed by atoms with Crippen molar-refractivity contribution < 1.29 is 4.74 Å². The Bertz CT molecular complexity index is 312. The Kier molecular flexibility index (Phi) is 3.37. The van der Waals surface area contributed by atoms with Gasteiger partial charge in [0.2, 0.25) is 11.8 Å². The minimum Gasteiger partial charge on any atom is -0.478 e. The molecule has 1 aliphatic carbocycles. The van der Waals surface area contributed by atoms with Gasteiger partial charge in [0.1, 0.15) is 0 Å². The number of rotatable bonds is 5. The van der Waals surface area contributed by atoms with Gasteiger partial charge in [-0.1, -0.05) is 6.42 Å². The summed E-state index contributed by atoms with van der Waals surface area (Å²) in [6.07, 6.45) is 5.75. The molecular weight excluding hydrogens is 190 g/mol. The third kappa shape index (κ3) is 2.81. The van der Waals surface area contributed by atoms with Crippen molar-refractivity contribution in [1.29, 1.82) is 0 Å². The van der Waals surface area contributed by atoms with Crippen molar-refractivity contribution in [3.8, 4) is 5.88 Å². The highest BCUT2D eigenvalue weighted by molar-refractivity contribution is 5.27. The largest absolute Gasteiger partial charge is 0.478 e. The lowest BCUT2D eigenvalue weighted by molar-refractivity contribution is 0.324. The van der Waals surface area contributed by atoms with E-state index in [0.29, 0.717) is 18.4 Å². The molecule has 0 aliphatic heterocycles. The van der Waals surface area contributed by atoms with Crippen molar-refractivity contribution in [2.45, 2.75) is 26.2 Å². The highest BCUT2D eigenvalue weighted by Crippen LogP contribution is 2.26. The van der Waals surface area contributed by atoms with Crippen LogP contribution in [0.4, 0.5) is 5.95 Å². The second-order valence-corrected chi connectivity index (χ2v) is 3.83. The average Bonchev–Trinajstić information content (AvgIpc) is 2.16. The second-order valence-electron chi connectivity index (χ2n) is 3.83. The summed E-state index contributed by atoms with van der Waals surface area (Å²) in [4.78, 5) is 8.40. The molecule has 1 aliphatic rings. The summed E-state index contributed by atoms with van der Waals surface area (Å²) >= 11 is 0. The first-order chi connectivity index (χ1) is 7.38. The van der Waals surface area contributed by atoms with Crippen LogP contribution >= 0.6 is 0 Å². The third-order valence-electron chi connectivity index (χ3n) is 2.70. The maximum atomic E-state index is 5.30. The van der Waals surface area contributed by atoms with E-state index in [4.69, 9.17) is 4.74 Å². The van der Waals surface area contributed by atoms with E-state index < -0.39 is 0 Å². The van der Waals surface area contributed by atoms with Crippen LogP contribution in [0, 0.1) is 5.92 Å². The fourth-order valence-electron chi connectivity index (χ4n) is 1.59. The molecule has 0 radical (unpaired) electrons. The Labute approximate surface area is 90.1 Å². The van der Waals surface area contributed by atoms with E-state index in [2.05, 4.69) is 15.3 Å². The Balaban J connectivity index is 1.86. The average molecular weight is 207 g/mol. The van der Waals surface area contributed by atoms with Crippen LogP contribution in [0.5, 0.6) is 5.88 Å². The first kappa shape index (κ1) is 10.2. The van der Waals surface area contributed by atoms with Gasteiger partial charge in [-0.25, -0.2) is 4.98 Å². The smallest absolute Gasteiger partial charge is 0.225 e. The summed E-state index contributed by atoms with van der Waals surface area (Å²) in [5.41, 5.74) is 0. The van der Waals surface area contributed by atoms with Crippen LogP contribution in [-0.2, 0) is 0 Å². The van der Waals surface area contributed by atoms with Crippen LogP contribution in [0.25, 0.3) is 0 Å². The lowest BCUT2D eigenvalue weighted by Crippen LogP contribution is -2.21. The Morgan fingerprint density at radius 2 is 2.40 bits per heavy atom. The van der Waals surface area contributed by atoms with Gasteiger partial charge in [0.05, 0.1) is 6.61 Å². The molecule has 15 heavy (non-hydrogen) atoms. The van der Waals surface area contributed by atoms with E-state index >= 15 is 0 Å². The molecule has 0 aromatic carbocycles. The van der Waals surface area contributed by atoms with Gasteiger partial charge in [0.15, 0.2) is 0 Å².